The number of nitrogens with one attached hydrogen (secondary N) is 1. The molecule has 2 aromatic carbocycles. The van der Waals surface area contributed by atoms with Gasteiger partial charge in [0, 0.05) is 24.0 Å². The molecule has 0 aliphatic heterocycles. The van der Waals surface area contributed by atoms with Crippen molar-refractivity contribution in [3.63, 3.8) is 0 Å². The molecular weight excluding hydrogens is 364 g/mol. The van der Waals surface area contributed by atoms with Crippen molar-refractivity contribution in [1.29, 1.82) is 10.5 Å². The van der Waals surface area contributed by atoms with Crippen LogP contribution in [0.15, 0.2) is 54.7 Å². The topological polar surface area (TPSA) is 102 Å². The van der Waals surface area contributed by atoms with Crippen LogP contribution >= 0.6 is 0 Å². The molecular formula is C23H20N4O2. The molecule has 0 aliphatic rings. The number of rotatable bonds is 7. The van der Waals surface area contributed by atoms with Crippen molar-refractivity contribution in [2.75, 3.05) is 5.32 Å². The Morgan fingerprint density at radius 2 is 1.62 bits per heavy atom. The fourth-order valence-electron chi connectivity index (χ4n) is 2.88. The third-order valence-electron chi connectivity index (χ3n) is 4.53. The summed E-state index contributed by atoms with van der Waals surface area (Å²) in [6, 6.07) is 18.5. The zero-order valence-electron chi connectivity index (χ0n) is 16.0. The Hall–Kier alpha value is -3.87. The zero-order valence-corrected chi connectivity index (χ0v) is 16.0. The van der Waals surface area contributed by atoms with Gasteiger partial charge in [-0.25, -0.2) is 0 Å². The Morgan fingerprint density at radius 3 is 2.21 bits per heavy atom. The van der Waals surface area contributed by atoms with Gasteiger partial charge in [-0.15, -0.1) is 0 Å². The Kier molecular flexibility index (Phi) is 6.42. The lowest BCUT2D eigenvalue weighted by Crippen LogP contribution is -2.09. The predicted molar refractivity (Wildman–Crippen MR) is 109 cm³/mol. The van der Waals surface area contributed by atoms with E-state index in [2.05, 4.69) is 22.4 Å². The van der Waals surface area contributed by atoms with E-state index >= 15 is 0 Å². The number of aliphatic hydroxyl groups is 1. The maximum absolute atomic E-state index is 9.95. The van der Waals surface area contributed by atoms with Crippen LogP contribution in [0, 0.1) is 29.6 Å². The molecule has 0 spiro atoms. The number of ether oxygens (including phenoxy) is 1. The molecule has 6 heteroatoms. The molecule has 0 fully saturated rings. The number of hydrogen-bond acceptors (Lipinski definition) is 6. The maximum Gasteiger partial charge on any atom is 0.146 e. The number of aromatic nitrogens is 1. The van der Waals surface area contributed by atoms with Crippen LogP contribution in [0.25, 0.3) is 0 Å². The molecule has 1 aromatic heterocycles. The van der Waals surface area contributed by atoms with Crippen LogP contribution < -0.4 is 10.1 Å². The zero-order chi connectivity index (χ0) is 20.6. The Morgan fingerprint density at radius 1 is 1.00 bits per heavy atom. The molecule has 0 saturated carbocycles. The van der Waals surface area contributed by atoms with Crippen molar-refractivity contribution >= 4 is 5.69 Å². The van der Waals surface area contributed by atoms with Gasteiger partial charge in [-0.3, -0.25) is 4.98 Å². The van der Waals surface area contributed by atoms with Crippen molar-refractivity contribution < 1.29 is 9.84 Å². The van der Waals surface area contributed by atoms with E-state index in [1.807, 2.05) is 31.2 Å². The second kappa shape index (κ2) is 9.36. The number of aryl methyl sites for hydroxylation is 1. The second-order valence-electron chi connectivity index (χ2n) is 6.47. The minimum atomic E-state index is -0.170. The van der Waals surface area contributed by atoms with E-state index in [4.69, 9.17) is 15.3 Å². The van der Waals surface area contributed by atoms with Crippen LogP contribution in [0.2, 0.25) is 0 Å². The molecule has 3 aromatic rings. The molecule has 1 heterocycles. The van der Waals surface area contributed by atoms with Crippen LogP contribution in [0.1, 0.15) is 33.5 Å². The lowest BCUT2D eigenvalue weighted by Gasteiger charge is -2.17. The molecule has 0 aliphatic carbocycles. The van der Waals surface area contributed by atoms with Crippen LogP contribution in [0.4, 0.5) is 5.69 Å². The summed E-state index contributed by atoms with van der Waals surface area (Å²) in [5, 5.41) is 31.0. The summed E-state index contributed by atoms with van der Waals surface area (Å²) in [5.74, 6) is 0.566. The lowest BCUT2D eigenvalue weighted by molar-refractivity contribution is 0.256. The fraction of sp³-hybridized carbons (Fsp3) is 0.174. The molecule has 0 atom stereocenters. The van der Waals surface area contributed by atoms with E-state index in [1.54, 1.807) is 30.5 Å². The largest absolute Gasteiger partial charge is 0.487 e. The van der Waals surface area contributed by atoms with Gasteiger partial charge < -0.3 is 15.2 Å². The van der Waals surface area contributed by atoms with Gasteiger partial charge >= 0.3 is 0 Å². The Bertz CT molecular complexity index is 1060. The Labute approximate surface area is 169 Å². The molecule has 0 bridgehead atoms. The van der Waals surface area contributed by atoms with Gasteiger partial charge in [0.05, 0.1) is 35.6 Å². The summed E-state index contributed by atoms with van der Waals surface area (Å²) in [5.41, 5.74) is 5.21. The molecule has 6 nitrogen and oxygen atoms in total. The highest BCUT2D eigenvalue weighted by Gasteiger charge is 2.14. The number of nitrogens with zero attached hydrogens (tertiary/aromatic N) is 3. The van der Waals surface area contributed by atoms with E-state index in [0.717, 1.165) is 16.8 Å². The van der Waals surface area contributed by atoms with Crippen molar-refractivity contribution in [3.8, 4) is 17.9 Å². The molecule has 3 rings (SSSR count). The van der Waals surface area contributed by atoms with E-state index in [0.29, 0.717) is 41.3 Å². The number of pyridine rings is 1. The summed E-state index contributed by atoms with van der Waals surface area (Å²) in [4.78, 5) is 4.40. The van der Waals surface area contributed by atoms with Crippen molar-refractivity contribution in [3.05, 3.63) is 88.2 Å². The van der Waals surface area contributed by atoms with Gasteiger partial charge in [-0.2, -0.15) is 10.5 Å². The lowest BCUT2D eigenvalue weighted by atomic mass is 10.1. The molecule has 29 heavy (non-hydrogen) atoms. The van der Waals surface area contributed by atoms with Crippen molar-refractivity contribution in [1.82, 2.24) is 4.98 Å². The number of hydrogen-bond donors (Lipinski definition) is 2. The van der Waals surface area contributed by atoms with E-state index < -0.39 is 0 Å². The smallest absolute Gasteiger partial charge is 0.146 e. The van der Waals surface area contributed by atoms with E-state index in [1.165, 1.54) is 0 Å². The van der Waals surface area contributed by atoms with Crippen molar-refractivity contribution in [2.24, 2.45) is 0 Å². The first-order valence-corrected chi connectivity index (χ1v) is 9.08. The first-order valence-electron chi connectivity index (χ1n) is 9.08. The minimum absolute atomic E-state index is 0.170. The van der Waals surface area contributed by atoms with E-state index in [-0.39, 0.29) is 6.61 Å². The molecule has 0 amide bonds. The predicted octanol–water partition coefficient (Wildman–Crippen LogP) is 3.82. The first-order chi connectivity index (χ1) is 14.1. The average Bonchev–Trinajstić information content (AvgIpc) is 2.77. The second-order valence-corrected chi connectivity index (χ2v) is 6.47. The SMILES string of the molecule is Cc1ncc(CNc2ccc(C#N)cc2)c(CO)c1OCc1ccc(C#N)cc1. The normalized spacial score (nSPS) is 10.1. The molecule has 2 N–H and O–H groups in total. The third-order valence-corrected chi connectivity index (χ3v) is 4.53. The summed E-state index contributed by atoms with van der Waals surface area (Å²) >= 11 is 0. The summed E-state index contributed by atoms with van der Waals surface area (Å²) in [7, 11) is 0. The molecule has 0 unspecified atom stereocenters. The summed E-state index contributed by atoms with van der Waals surface area (Å²) < 4.78 is 5.97. The highest BCUT2D eigenvalue weighted by Crippen LogP contribution is 2.27. The first kappa shape index (κ1) is 19.9. The number of benzene rings is 2. The minimum Gasteiger partial charge on any atom is -0.487 e. The third kappa shape index (κ3) is 4.90. The monoisotopic (exact) mass is 384 g/mol. The van der Waals surface area contributed by atoms with Gasteiger partial charge in [0.1, 0.15) is 12.4 Å². The van der Waals surface area contributed by atoms with Gasteiger partial charge in [0.25, 0.3) is 0 Å². The van der Waals surface area contributed by atoms with E-state index in [9.17, 15) is 5.11 Å². The summed E-state index contributed by atoms with van der Waals surface area (Å²) in [6.07, 6.45) is 1.73. The molecule has 0 radical (unpaired) electrons. The van der Waals surface area contributed by atoms with Crippen molar-refractivity contribution in [2.45, 2.75) is 26.7 Å². The van der Waals surface area contributed by atoms with Crippen LogP contribution in [-0.2, 0) is 19.8 Å². The number of anilines is 1. The van der Waals surface area contributed by atoms with Crippen LogP contribution in [0.3, 0.4) is 0 Å². The maximum atomic E-state index is 9.95. The van der Waals surface area contributed by atoms with Gasteiger partial charge in [0.2, 0.25) is 0 Å². The summed E-state index contributed by atoms with van der Waals surface area (Å²) in [6.45, 7) is 2.44. The molecule has 0 saturated heterocycles. The van der Waals surface area contributed by atoms with Crippen LogP contribution in [0.5, 0.6) is 5.75 Å². The highest BCUT2D eigenvalue weighted by atomic mass is 16.5. The average molecular weight is 384 g/mol. The fourth-order valence-corrected chi connectivity index (χ4v) is 2.88. The van der Waals surface area contributed by atoms with Crippen LogP contribution in [-0.4, -0.2) is 10.1 Å². The quantitative estimate of drug-likeness (QED) is 0.642. The van der Waals surface area contributed by atoms with Gasteiger partial charge in [-0.1, -0.05) is 12.1 Å². The molecule has 144 valence electrons. The number of nitriles is 2. The Balaban J connectivity index is 1.74. The standard InChI is InChI=1S/C23H20N4O2/c1-16-23(29-15-19-4-2-17(10-24)3-5-19)22(14-28)20(12-26-16)13-27-21-8-6-18(11-25)7-9-21/h2-9,12,27-28H,13-15H2,1H3. The van der Waals surface area contributed by atoms with Gasteiger partial charge in [0.15, 0.2) is 0 Å². The van der Waals surface area contributed by atoms with Gasteiger partial charge in [-0.05, 0) is 54.4 Å². The number of aliphatic hydroxyl groups excluding tert-OH is 1. The highest BCUT2D eigenvalue weighted by molar-refractivity contribution is 5.49.